The predicted molar refractivity (Wildman–Crippen MR) is 0 cm³/mol. The summed E-state index contributed by atoms with van der Waals surface area (Å²) in [5.41, 5.74) is 0. The Bertz CT molecular complexity index is 8.00. The van der Waals surface area contributed by atoms with Gasteiger partial charge in [0, 0.05) is 91.4 Å². The van der Waals surface area contributed by atoms with Crippen LogP contribution in [0, 0.1) is 0 Å². The molecule has 4 heavy (non-hydrogen) atoms. The summed E-state index contributed by atoms with van der Waals surface area (Å²) in [7, 11) is 0. The van der Waals surface area contributed by atoms with Crippen LogP contribution in [0.4, 0.5) is 0 Å². The molecule has 0 aromatic rings. The molecule has 0 rings (SSSR count). The van der Waals surface area contributed by atoms with Crippen molar-refractivity contribution in [3.05, 3.63) is 0 Å². The van der Waals surface area contributed by atoms with Crippen LogP contribution < -0.4 is 0 Å². The molecule has 0 aromatic carbocycles. The van der Waals surface area contributed by atoms with Crippen molar-refractivity contribution < 1.29 is 91.4 Å². The van der Waals surface area contributed by atoms with E-state index in [1.165, 1.54) is 0 Å². The molecule has 0 N–H and O–H groups in total. The van der Waals surface area contributed by atoms with E-state index in [9.17, 15) is 0 Å². The minimum Gasteiger partial charge on any atom is 0 e. The van der Waals surface area contributed by atoms with Gasteiger partial charge in [-0.1, -0.05) is 0 Å². The van der Waals surface area contributed by atoms with Crippen LogP contribution in [0.2, 0.25) is 0 Å². The first-order valence-electron chi connectivity index (χ1n) is 0. The molecule has 0 aliphatic carbocycles. The van der Waals surface area contributed by atoms with Gasteiger partial charge in [-0.15, -0.1) is 0 Å². The summed E-state index contributed by atoms with van der Waals surface area (Å²) in [6, 6.07) is 0. The fraction of sp³-hybridized carbons (Fsp3) is 0. The first-order chi connectivity index (χ1) is 0. The molecule has 0 amide bonds. The Morgan fingerprint density at radius 1 is 1.00 bits per heavy atom. The van der Waals surface area contributed by atoms with E-state index >= 15 is 0 Å². The fourth-order valence-corrected chi connectivity index (χ4v) is 0. The van der Waals surface area contributed by atoms with E-state index < -0.39 is 0 Å². The molecule has 19 valence electrons. The van der Waals surface area contributed by atoms with Gasteiger partial charge in [0.1, 0.15) is 0 Å². The van der Waals surface area contributed by atoms with Crippen LogP contribution in [-0.2, 0) is 91.4 Å². The van der Waals surface area contributed by atoms with Crippen LogP contribution in [0.1, 0.15) is 0 Å². The summed E-state index contributed by atoms with van der Waals surface area (Å²) in [6.07, 6.45) is 0. The molecule has 0 heterocycles. The van der Waals surface area contributed by atoms with E-state index in [4.69, 9.17) is 0 Å². The molecule has 0 aromatic heterocycles. The molecule has 1 radical (unpaired) electrons. The van der Waals surface area contributed by atoms with Crippen molar-refractivity contribution in [2.75, 3.05) is 0 Å². The summed E-state index contributed by atoms with van der Waals surface area (Å²) < 4.78 is 0. The Morgan fingerprint density at radius 3 is 1.00 bits per heavy atom. The second-order valence-corrected chi connectivity index (χ2v) is 0. The number of hydrogen-bond acceptors (Lipinski definition) is 0. The first kappa shape index (κ1) is 27.9. The molecule has 0 fully saturated rings. The average Bonchev–Trinajstić information content (AvgIpc) is 0. The van der Waals surface area contributed by atoms with Gasteiger partial charge in [-0.05, 0) is 0 Å². The van der Waals surface area contributed by atoms with Crippen molar-refractivity contribution in [3.63, 3.8) is 0 Å². The summed E-state index contributed by atoms with van der Waals surface area (Å²) >= 11 is 0. The van der Waals surface area contributed by atoms with Crippen molar-refractivity contribution in [3.8, 4) is 0 Å². The van der Waals surface area contributed by atoms with Crippen molar-refractivity contribution in [2.24, 2.45) is 0 Å². The third-order valence-corrected chi connectivity index (χ3v) is 0. The Balaban J connectivity index is 0. The maximum Gasteiger partial charge on any atom is 0 e. The van der Waals surface area contributed by atoms with Crippen LogP contribution in [0.3, 0.4) is 0 Å². The molecule has 0 spiro atoms. The van der Waals surface area contributed by atoms with Crippen LogP contribution >= 0.6 is 0 Å². The SMILES string of the molecule is [Ta].[Ti].[W].[Zr]. The maximum atomic E-state index is 0. The zero-order valence-electron chi connectivity index (χ0n) is 1.86. The van der Waals surface area contributed by atoms with E-state index in [2.05, 4.69) is 0 Å². The smallest absolute Gasteiger partial charge is 0 e. The second kappa shape index (κ2) is 16.6. The van der Waals surface area contributed by atoms with Crippen molar-refractivity contribution >= 4 is 0 Å². The third kappa shape index (κ3) is 8.90. The molecular weight excluding hydrogens is 504 g/mol. The molecular formula is TaTiWZr. The molecule has 0 atom stereocenters. The van der Waals surface area contributed by atoms with Gasteiger partial charge in [-0.3, -0.25) is 0 Å². The molecule has 0 unspecified atom stereocenters. The van der Waals surface area contributed by atoms with E-state index in [0.717, 1.165) is 0 Å². The van der Waals surface area contributed by atoms with Gasteiger partial charge < -0.3 is 0 Å². The van der Waals surface area contributed by atoms with Gasteiger partial charge in [0.2, 0.25) is 0 Å². The molecule has 0 aliphatic rings. The van der Waals surface area contributed by atoms with Crippen LogP contribution in [-0.4, -0.2) is 0 Å². The van der Waals surface area contributed by atoms with Gasteiger partial charge in [0.25, 0.3) is 0 Å². The summed E-state index contributed by atoms with van der Waals surface area (Å²) in [5, 5.41) is 0. The van der Waals surface area contributed by atoms with Gasteiger partial charge in [-0.25, -0.2) is 0 Å². The van der Waals surface area contributed by atoms with Crippen LogP contribution in [0.15, 0.2) is 0 Å². The predicted octanol–water partition coefficient (Wildman–Crippen LogP) is -0.0100. The molecule has 0 bridgehead atoms. The van der Waals surface area contributed by atoms with E-state index in [-0.39, 0.29) is 91.4 Å². The number of rotatable bonds is 0. The Labute approximate surface area is 89.6 Å². The standard InChI is InChI=1S/Ta.Ti.W.Zr. The van der Waals surface area contributed by atoms with Crippen molar-refractivity contribution in [1.29, 1.82) is 0 Å². The summed E-state index contributed by atoms with van der Waals surface area (Å²) in [5.74, 6) is 0. The topological polar surface area (TPSA) is 0 Å². The largest absolute Gasteiger partial charge is 0 e. The van der Waals surface area contributed by atoms with E-state index in [1.54, 1.807) is 0 Å². The second-order valence-electron chi connectivity index (χ2n) is 0. The van der Waals surface area contributed by atoms with E-state index in [1.807, 2.05) is 0 Å². The zero-order chi connectivity index (χ0) is 0. The first-order valence-corrected chi connectivity index (χ1v) is 0. The normalized spacial score (nSPS) is 0. The zero-order valence-corrected chi connectivity index (χ0v) is 12.0. The van der Waals surface area contributed by atoms with Gasteiger partial charge in [0.15, 0.2) is 0 Å². The molecule has 0 aliphatic heterocycles. The van der Waals surface area contributed by atoms with Crippen molar-refractivity contribution in [2.45, 2.75) is 0 Å². The minimum absolute atomic E-state index is 0. The molecule has 4 heteroatoms. The Kier molecular flexibility index (Phi) is 116. The fourth-order valence-electron chi connectivity index (χ4n) is 0. The average molecular weight is 504 g/mol. The molecule has 0 nitrogen and oxygen atoms in total. The summed E-state index contributed by atoms with van der Waals surface area (Å²) in [4.78, 5) is 0. The van der Waals surface area contributed by atoms with Gasteiger partial charge in [-0.2, -0.15) is 0 Å². The van der Waals surface area contributed by atoms with Gasteiger partial charge >= 0.3 is 0 Å². The summed E-state index contributed by atoms with van der Waals surface area (Å²) in [6.45, 7) is 0. The van der Waals surface area contributed by atoms with Crippen LogP contribution in [0.25, 0.3) is 0 Å². The monoisotopic (exact) mass is 503 g/mol. The van der Waals surface area contributed by atoms with Gasteiger partial charge in [0.05, 0.1) is 0 Å². The molecule has 0 saturated carbocycles. The Hall–Kier alpha value is 3.03. The molecule has 0 saturated heterocycles. The number of hydrogen-bond donors (Lipinski definition) is 0. The maximum absolute atomic E-state index is 0. The minimum atomic E-state index is 0. The quantitative estimate of drug-likeness (QED) is 0.408. The van der Waals surface area contributed by atoms with Crippen molar-refractivity contribution in [1.82, 2.24) is 0 Å². The van der Waals surface area contributed by atoms with Crippen LogP contribution in [0.5, 0.6) is 0 Å². The Morgan fingerprint density at radius 2 is 1.00 bits per heavy atom. The van der Waals surface area contributed by atoms with E-state index in [0.29, 0.717) is 0 Å². The third-order valence-electron chi connectivity index (χ3n) is 0.